The summed E-state index contributed by atoms with van der Waals surface area (Å²) in [6, 6.07) is 22.3. The molecule has 1 fully saturated rings. The van der Waals surface area contributed by atoms with Crippen LogP contribution in [0, 0.1) is 0 Å². The number of benzene rings is 3. The van der Waals surface area contributed by atoms with Crippen molar-refractivity contribution in [1.82, 2.24) is 4.72 Å². The van der Waals surface area contributed by atoms with E-state index in [1.54, 1.807) is 30.3 Å². The van der Waals surface area contributed by atoms with E-state index in [2.05, 4.69) is 34.4 Å². The predicted molar refractivity (Wildman–Crippen MR) is 137 cm³/mol. The Bertz CT molecular complexity index is 1240. The molecule has 178 valence electrons. The third-order valence-corrected chi connectivity index (χ3v) is 7.55. The minimum Gasteiger partial charge on any atom is -0.377 e. The van der Waals surface area contributed by atoms with E-state index in [0.29, 0.717) is 17.1 Å². The van der Waals surface area contributed by atoms with Gasteiger partial charge in [-0.05, 0) is 67.6 Å². The molecule has 1 amide bonds. The molecule has 1 aliphatic carbocycles. The van der Waals surface area contributed by atoms with Crippen molar-refractivity contribution in [3.63, 3.8) is 0 Å². The first kappa shape index (κ1) is 24.3. The molecule has 0 radical (unpaired) electrons. The highest BCUT2D eigenvalue weighted by Crippen LogP contribution is 2.29. The fourth-order valence-corrected chi connectivity index (χ4v) is 5.11. The number of anilines is 2. The lowest BCUT2D eigenvalue weighted by Crippen LogP contribution is -2.25. The second kappa shape index (κ2) is 10.6. The normalized spacial score (nSPS) is 14.4. The second-order valence-corrected chi connectivity index (χ2v) is 10.7. The Kier molecular flexibility index (Phi) is 7.56. The van der Waals surface area contributed by atoms with Gasteiger partial charge in [0.25, 0.3) is 0 Å². The minimum absolute atomic E-state index is 0.0685. The fraction of sp³-hybridized carbons (Fsp3) is 0.269. The van der Waals surface area contributed by atoms with E-state index in [4.69, 9.17) is 11.6 Å². The van der Waals surface area contributed by atoms with Gasteiger partial charge in [0.15, 0.2) is 0 Å². The van der Waals surface area contributed by atoms with Gasteiger partial charge >= 0.3 is 0 Å². The molecule has 3 aromatic rings. The summed E-state index contributed by atoms with van der Waals surface area (Å²) in [6.45, 7) is 2.06. The van der Waals surface area contributed by atoms with E-state index in [9.17, 15) is 13.2 Å². The number of hydrogen-bond acceptors (Lipinski definition) is 4. The lowest BCUT2D eigenvalue weighted by Gasteiger charge is -2.17. The quantitative estimate of drug-likeness (QED) is 0.344. The zero-order valence-corrected chi connectivity index (χ0v) is 20.5. The Balaban J connectivity index is 1.28. The van der Waals surface area contributed by atoms with Gasteiger partial charge in [-0.3, -0.25) is 4.79 Å². The summed E-state index contributed by atoms with van der Waals surface area (Å²) in [5, 5.41) is 6.79. The first-order valence-electron chi connectivity index (χ1n) is 11.3. The van der Waals surface area contributed by atoms with Crippen molar-refractivity contribution in [2.45, 2.75) is 49.6 Å². The van der Waals surface area contributed by atoms with Gasteiger partial charge in [0.2, 0.25) is 15.9 Å². The minimum atomic E-state index is -3.46. The largest absolute Gasteiger partial charge is 0.377 e. The molecule has 1 atom stereocenters. The molecule has 34 heavy (non-hydrogen) atoms. The van der Waals surface area contributed by atoms with Crippen LogP contribution in [0.15, 0.2) is 77.7 Å². The number of hydrogen-bond donors (Lipinski definition) is 3. The Morgan fingerprint density at radius 2 is 1.74 bits per heavy atom. The topological polar surface area (TPSA) is 87.3 Å². The van der Waals surface area contributed by atoms with E-state index >= 15 is 0 Å². The summed E-state index contributed by atoms with van der Waals surface area (Å²) in [6.07, 6.45) is 2.56. The first-order valence-corrected chi connectivity index (χ1v) is 13.2. The van der Waals surface area contributed by atoms with Crippen molar-refractivity contribution < 1.29 is 13.2 Å². The summed E-state index contributed by atoms with van der Waals surface area (Å²) in [7, 11) is -3.46. The zero-order valence-electron chi connectivity index (χ0n) is 18.9. The Morgan fingerprint density at radius 1 is 1.03 bits per heavy atom. The van der Waals surface area contributed by atoms with Crippen molar-refractivity contribution >= 4 is 38.9 Å². The van der Waals surface area contributed by atoms with Gasteiger partial charge in [-0.2, -0.15) is 0 Å². The first-order chi connectivity index (χ1) is 16.3. The molecule has 1 saturated carbocycles. The maximum absolute atomic E-state index is 12.4. The van der Waals surface area contributed by atoms with Gasteiger partial charge in [0.05, 0.1) is 15.6 Å². The smallest absolute Gasteiger partial charge is 0.240 e. The molecule has 0 spiro atoms. The zero-order chi connectivity index (χ0) is 24.1. The van der Waals surface area contributed by atoms with Gasteiger partial charge < -0.3 is 10.6 Å². The third-order valence-electron chi connectivity index (χ3n) is 5.70. The number of nitrogens with one attached hydrogen (secondary N) is 3. The van der Waals surface area contributed by atoms with Gasteiger partial charge in [-0.15, -0.1) is 0 Å². The van der Waals surface area contributed by atoms with E-state index < -0.39 is 10.0 Å². The fourth-order valence-electron chi connectivity index (χ4n) is 3.57. The lowest BCUT2D eigenvalue weighted by atomic mass is 10.1. The highest BCUT2D eigenvalue weighted by molar-refractivity contribution is 7.89. The molecule has 6 nitrogen and oxygen atoms in total. The van der Waals surface area contributed by atoms with Gasteiger partial charge in [-0.25, -0.2) is 13.1 Å². The summed E-state index contributed by atoms with van der Waals surface area (Å²) in [4.78, 5) is 12.7. The Morgan fingerprint density at radius 3 is 2.38 bits per heavy atom. The molecule has 1 unspecified atom stereocenters. The van der Waals surface area contributed by atoms with Gasteiger partial charge in [0.1, 0.15) is 0 Å². The average Bonchev–Trinajstić information content (AvgIpc) is 3.63. The molecule has 0 aliphatic heterocycles. The molecule has 3 aromatic carbocycles. The highest BCUT2D eigenvalue weighted by atomic mass is 35.5. The number of amides is 1. The van der Waals surface area contributed by atoms with E-state index in [-0.39, 0.29) is 29.3 Å². The third kappa shape index (κ3) is 6.59. The molecular formula is C26H28ClN3O3S. The van der Waals surface area contributed by atoms with Gasteiger partial charge in [-0.1, -0.05) is 54.1 Å². The van der Waals surface area contributed by atoms with Crippen LogP contribution in [0.25, 0.3) is 0 Å². The van der Waals surface area contributed by atoms with Gasteiger partial charge in [0, 0.05) is 24.2 Å². The maximum Gasteiger partial charge on any atom is 0.240 e. The molecule has 3 N–H and O–H groups in total. The molecule has 0 aromatic heterocycles. The van der Waals surface area contributed by atoms with Crippen molar-refractivity contribution in [2.75, 3.05) is 10.6 Å². The number of aryl methyl sites for hydroxylation is 1. The summed E-state index contributed by atoms with van der Waals surface area (Å²) in [5.41, 5.74) is 3.47. The van der Waals surface area contributed by atoms with Crippen molar-refractivity contribution in [3.8, 4) is 0 Å². The van der Waals surface area contributed by atoms with Crippen LogP contribution in [-0.2, 0) is 21.2 Å². The Hall–Kier alpha value is -2.87. The van der Waals surface area contributed by atoms with Crippen molar-refractivity contribution in [1.29, 1.82) is 0 Å². The summed E-state index contributed by atoms with van der Waals surface area (Å²) < 4.78 is 27.2. The van der Waals surface area contributed by atoms with Crippen LogP contribution in [0.4, 0.5) is 11.4 Å². The molecule has 0 heterocycles. The number of halogens is 1. The van der Waals surface area contributed by atoms with Crippen LogP contribution in [0.3, 0.4) is 0 Å². The van der Waals surface area contributed by atoms with Crippen molar-refractivity contribution in [2.24, 2.45) is 0 Å². The van der Waals surface area contributed by atoms with E-state index in [1.165, 1.54) is 0 Å². The molecule has 4 rings (SSSR count). The predicted octanol–water partition coefficient (Wildman–Crippen LogP) is 5.53. The van der Waals surface area contributed by atoms with Crippen LogP contribution in [0.2, 0.25) is 5.02 Å². The maximum atomic E-state index is 12.4. The molecule has 1 aliphatic rings. The summed E-state index contributed by atoms with van der Waals surface area (Å²) >= 11 is 6.44. The Labute approximate surface area is 205 Å². The SMILES string of the molecule is CC(Nc1ccc(NC(=O)CCc2ccc(S(=O)(=O)NC3CC3)cc2)cc1Cl)c1ccccc1. The standard InChI is InChI=1S/C26H28ClN3O3S/c1-18(20-5-3-2-4-6-20)28-25-15-12-22(17-24(25)27)29-26(31)16-9-19-7-13-23(14-8-19)34(32,33)30-21-10-11-21/h2-8,12-15,17-18,21,28,30H,9-11,16H2,1H3,(H,29,31). The van der Waals surface area contributed by atoms with E-state index in [0.717, 1.165) is 29.7 Å². The van der Waals surface area contributed by atoms with Crippen LogP contribution in [-0.4, -0.2) is 20.4 Å². The molecular weight excluding hydrogens is 470 g/mol. The molecule has 8 heteroatoms. The second-order valence-electron chi connectivity index (χ2n) is 8.56. The lowest BCUT2D eigenvalue weighted by molar-refractivity contribution is -0.116. The number of carbonyl (C=O) groups is 1. The van der Waals surface area contributed by atoms with Crippen LogP contribution < -0.4 is 15.4 Å². The van der Waals surface area contributed by atoms with Crippen molar-refractivity contribution in [3.05, 3.63) is 88.9 Å². The number of rotatable bonds is 10. The molecule has 0 saturated heterocycles. The number of sulfonamides is 1. The monoisotopic (exact) mass is 497 g/mol. The highest BCUT2D eigenvalue weighted by Gasteiger charge is 2.27. The van der Waals surface area contributed by atoms with Crippen LogP contribution in [0.1, 0.15) is 43.4 Å². The average molecular weight is 498 g/mol. The van der Waals surface area contributed by atoms with Crippen LogP contribution >= 0.6 is 11.6 Å². The number of carbonyl (C=O) groups excluding carboxylic acids is 1. The summed E-state index contributed by atoms with van der Waals surface area (Å²) in [5.74, 6) is -0.137. The molecule has 0 bridgehead atoms. The van der Waals surface area contributed by atoms with E-state index in [1.807, 2.05) is 30.3 Å². The van der Waals surface area contributed by atoms with Crippen LogP contribution in [0.5, 0.6) is 0 Å².